The molecule has 58 heavy (non-hydrogen) atoms. The number of aliphatic hydroxyl groups is 7. The minimum atomic E-state index is -1.76. The maximum atomic E-state index is 12.9. The first kappa shape index (κ1) is 52.6. The van der Waals surface area contributed by atoms with E-state index in [-0.39, 0.29) is 26.1 Å². The summed E-state index contributed by atoms with van der Waals surface area (Å²) < 4.78 is 33.4. The highest BCUT2D eigenvalue weighted by Crippen LogP contribution is 2.26. The smallest absolute Gasteiger partial charge is 0.306 e. The third kappa shape index (κ3) is 21.3. The predicted octanol–water partition coefficient (Wildman–Crippen LogP) is 4.48. The van der Waals surface area contributed by atoms with Crippen LogP contribution in [0, 0.1) is 0 Å². The van der Waals surface area contributed by atoms with Gasteiger partial charge in [-0.05, 0) is 12.8 Å². The van der Waals surface area contributed by atoms with Gasteiger partial charge in [-0.3, -0.25) is 9.59 Å². The number of hydrogen-bond donors (Lipinski definition) is 7. The quantitative estimate of drug-likeness (QED) is 0.0350. The second kappa shape index (κ2) is 32.2. The molecular weight excluding hydrogens is 756 g/mol. The van der Waals surface area contributed by atoms with Crippen LogP contribution in [0.15, 0.2) is 0 Å². The Morgan fingerprint density at radius 1 is 0.483 bits per heavy atom. The molecule has 0 bridgehead atoms. The van der Waals surface area contributed by atoms with Gasteiger partial charge in [0.25, 0.3) is 0 Å². The summed E-state index contributed by atoms with van der Waals surface area (Å²) in [6, 6.07) is 0. The van der Waals surface area contributed by atoms with E-state index in [2.05, 4.69) is 13.8 Å². The SMILES string of the molecule is CCCCCCCCCCCCCC(=O)OCC(CO[C@@H]1O[C@H](CO[C@H]2O[C@H](CO)[C@H](O)[C@H](O)[C@H]2O)[C@H](O)[C@H](O)[C@H]1O)OC(=O)CCCCCCCCCCCCC. The van der Waals surface area contributed by atoms with Gasteiger partial charge in [0.2, 0.25) is 0 Å². The van der Waals surface area contributed by atoms with Gasteiger partial charge in [0, 0.05) is 12.8 Å². The van der Waals surface area contributed by atoms with Gasteiger partial charge in [-0.25, -0.2) is 0 Å². The van der Waals surface area contributed by atoms with Crippen molar-refractivity contribution in [2.75, 3.05) is 26.4 Å². The zero-order valence-electron chi connectivity index (χ0n) is 35.5. The lowest BCUT2D eigenvalue weighted by molar-refractivity contribution is -0.332. The van der Waals surface area contributed by atoms with Crippen LogP contribution < -0.4 is 0 Å². The summed E-state index contributed by atoms with van der Waals surface area (Å²) >= 11 is 0. The molecule has 15 nitrogen and oxygen atoms in total. The number of ether oxygens (including phenoxy) is 6. The van der Waals surface area contributed by atoms with Crippen molar-refractivity contribution in [3.63, 3.8) is 0 Å². The molecule has 0 aromatic carbocycles. The average Bonchev–Trinajstić information content (AvgIpc) is 3.21. The van der Waals surface area contributed by atoms with Crippen LogP contribution >= 0.6 is 0 Å². The largest absolute Gasteiger partial charge is 0.462 e. The van der Waals surface area contributed by atoms with E-state index in [9.17, 15) is 45.3 Å². The van der Waals surface area contributed by atoms with Gasteiger partial charge in [0.05, 0.1) is 19.8 Å². The van der Waals surface area contributed by atoms with Crippen LogP contribution in [0.3, 0.4) is 0 Å². The van der Waals surface area contributed by atoms with Gasteiger partial charge >= 0.3 is 11.9 Å². The number of hydrogen-bond acceptors (Lipinski definition) is 15. The van der Waals surface area contributed by atoms with Gasteiger partial charge < -0.3 is 64.2 Å². The highest BCUT2D eigenvalue weighted by atomic mass is 16.7. The summed E-state index contributed by atoms with van der Waals surface area (Å²) in [6.45, 7) is 2.56. The summed E-state index contributed by atoms with van der Waals surface area (Å²) in [4.78, 5) is 25.5. The second-order valence-corrected chi connectivity index (χ2v) is 16.2. The predicted molar refractivity (Wildman–Crippen MR) is 215 cm³/mol. The van der Waals surface area contributed by atoms with E-state index in [4.69, 9.17) is 28.4 Å². The Kier molecular flexibility index (Phi) is 29.3. The van der Waals surface area contributed by atoms with Crippen molar-refractivity contribution in [2.24, 2.45) is 0 Å². The first-order chi connectivity index (χ1) is 28.0. The van der Waals surface area contributed by atoms with Gasteiger partial charge in [-0.15, -0.1) is 0 Å². The van der Waals surface area contributed by atoms with Crippen molar-refractivity contribution < 1.29 is 73.8 Å². The number of aliphatic hydroxyl groups excluding tert-OH is 7. The Hall–Kier alpha value is -1.50. The lowest BCUT2D eigenvalue weighted by Gasteiger charge is -2.42. The molecule has 11 atom stereocenters. The van der Waals surface area contributed by atoms with Crippen LogP contribution in [-0.2, 0) is 38.0 Å². The standard InChI is InChI=1S/C43H80O15/c1-3-5-7-9-11-13-15-17-19-21-23-25-34(45)53-28-31(56-35(46)26-24-22-20-18-16-14-12-10-8-6-4-2)29-54-42-41(52)39(50)37(48)33(58-42)30-55-43-40(51)38(49)36(47)32(27-44)57-43/h31-33,36-44,47-52H,3-30H2,1-2H3/t31?,32-,33-,36+,37+,38+,39+,40-,41-,42-,43+/m1/s1. The fraction of sp³-hybridized carbons (Fsp3) is 0.953. The number of esters is 2. The molecule has 2 rings (SSSR count). The summed E-state index contributed by atoms with van der Waals surface area (Å²) in [5, 5.41) is 71.7. The fourth-order valence-corrected chi connectivity index (χ4v) is 7.28. The van der Waals surface area contributed by atoms with E-state index < -0.39 is 92.7 Å². The number of carbonyl (C=O) groups excluding carboxylic acids is 2. The normalized spacial score (nSPS) is 28.0. The molecule has 7 N–H and O–H groups in total. The summed E-state index contributed by atoms with van der Waals surface area (Å²) in [5.41, 5.74) is 0. The van der Waals surface area contributed by atoms with Crippen molar-refractivity contribution in [2.45, 2.75) is 235 Å². The third-order valence-electron chi connectivity index (χ3n) is 11.1. The van der Waals surface area contributed by atoms with Crippen LogP contribution in [-0.4, -0.2) is 142 Å². The minimum absolute atomic E-state index is 0.172. The average molecular weight is 837 g/mol. The fourth-order valence-electron chi connectivity index (χ4n) is 7.28. The van der Waals surface area contributed by atoms with E-state index >= 15 is 0 Å². The molecule has 0 saturated carbocycles. The Bertz CT molecular complexity index is 1030. The maximum absolute atomic E-state index is 12.9. The van der Waals surface area contributed by atoms with E-state index in [1.54, 1.807) is 0 Å². The van der Waals surface area contributed by atoms with Crippen molar-refractivity contribution >= 4 is 11.9 Å². The molecular formula is C43H80O15. The third-order valence-corrected chi connectivity index (χ3v) is 11.1. The molecule has 0 aromatic heterocycles. The Morgan fingerprint density at radius 3 is 1.34 bits per heavy atom. The molecule has 0 amide bonds. The molecule has 1 unspecified atom stereocenters. The zero-order valence-corrected chi connectivity index (χ0v) is 35.5. The number of unbranched alkanes of at least 4 members (excludes halogenated alkanes) is 20. The molecule has 0 spiro atoms. The van der Waals surface area contributed by atoms with E-state index in [0.717, 1.165) is 38.5 Å². The van der Waals surface area contributed by atoms with Gasteiger partial charge in [0.15, 0.2) is 18.7 Å². The Morgan fingerprint density at radius 2 is 0.879 bits per heavy atom. The lowest BCUT2D eigenvalue weighted by atomic mass is 9.98. The van der Waals surface area contributed by atoms with Gasteiger partial charge in [0.1, 0.15) is 55.4 Å². The molecule has 0 aliphatic carbocycles. The van der Waals surface area contributed by atoms with E-state index in [1.165, 1.54) is 89.9 Å². The van der Waals surface area contributed by atoms with E-state index in [1.807, 2.05) is 0 Å². The number of carbonyl (C=O) groups is 2. The molecule has 2 fully saturated rings. The first-order valence-electron chi connectivity index (χ1n) is 22.6. The summed E-state index contributed by atoms with van der Waals surface area (Å²) in [5.74, 6) is -0.919. The Labute approximate surface area is 347 Å². The van der Waals surface area contributed by atoms with Crippen molar-refractivity contribution in [1.82, 2.24) is 0 Å². The summed E-state index contributed by atoms with van der Waals surface area (Å²) in [6.07, 6.45) is 8.67. The van der Waals surface area contributed by atoms with Crippen LogP contribution in [0.1, 0.15) is 168 Å². The minimum Gasteiger partial charge on any atom is -0.462 e. The lowest BCUT2D eigenvalue weighted by Crippen LogP contribution is -2.61. The topological polar surface area (TPSA) is 231 Å². The Balaban J connectivity index is 1.86. The van der Waals surface area contributed by atoms with Crippen LogP contribution in [0.2, 0.25) is 0 Å². The maximum Gasteiger partial charge on any atom is 0.306 e. The summed E-state index contributed by atoms with van der Waals surface area (Å²) in [7, 11) is 0. The van der Waals surface area contributed by atoms with Crippen LogP contribution in [0.25, 0.3) is 0 Å². The highest BCUT2D eigenvalue weighted by Gasteiger charge is 2.47. The molecule has 342 valence electrons. The monoisotopic (exact) mass is 837 g/mol. The molecule has 15 heteroatoms. The van der Waals surface area contributed by atoms with Crippen LogP contribution in [0.5, 0.6) is 0 Å². The molecule has 2 aliphatic rings. The molecule has 0 radical (unpaired) electrons. The van der Waals surface area contributed by atoms with Gasteiger partial charge in [-0.2, -0.15) is 0 Å². The van der Waals surface area contributed by atoms with Crippen molar-refractivity contribution in [3.8, 4) is 0 Å². The van der Waals surface area contributed by atoms with Crippen LogP contribution in [0.4, 0.5) is 0 Å². The highest BCUT2D eigenvalue weighted by molar-refractivity contribution is 5.70. The van der Waals surface area contributed by atoms with Gasteiger partial charge in [-0.1, -0.05) is 142 Å². The zero-order chi connectivity index (χ0) is 42.5. The van der Waals surface area contributed by atoms with E-state index in [0.29, 0.717) is 12.8 Å². The second-order valence-electron chi connectivity index (χ2n) is 16.2. The van der Waals surface area contributed by atoms with Crippen molar-refractivity contribution in [3.05, 3.63) is 0 Å². The first-order valence-corrected chi connectivity index (χ1v) is 22.6. The molecule has 2 aliphatic heterocycles. The van der Waals surface area contributed by atoms with Crippen molar-refractivity contribution in [1.29, 1.82) is 0 Å². The molecule has 2 saturated heterocycles. The molecule has 2 heterocycles. The number of rotatable bonds is 34. The molecule has 0 aromatic rings.